The molecule has 4 rings (SSSR count). The van der Waals surface area contributed by atoms with Gasteiger partial charge in [0.2, 0.25) is 0 Å². The van der Waals surface area contributed by atoms with Crippen molar-refractivity contribution in [2.45, 2.75) is 70.6 Å². The summed E-state index contributed by atoms with van der Waals surface area (Å²) in [5.74, 6) is 0. The number of H-pyrrole nitrogens is 2. The molecule has 0 atom stereocenters. The van der Waals surface area contributed by atoms with E-state index in [1.807, 2.05) is 0 Å². The zero-order chi connectivity index (χ0) is 20.1. The molecule has 0 bridgehead atoms. The molecule has 0 saturated heterocycles. The van der Waals surface area contributed by atoms with Gasteiger partial charge < -0.3 is 9.97 Å². The normalized spacial score (nSPS) is 12.2. The van der Waals surface area contributed by atoms with E-state index in [0.29, 0.717) is 0 Å². The average Bonchev–Trinajstić information content (AvgIpc) is 3.38. The van der Waals surface area contributed by atoms with Crippen LogP contribution in [0.2, 0.25) is 0 Å². The third-order valence-electron chi connectivity index (χ3n) is 6.62. The van der Waals surface area contributed by atoms with E-state index in [1.165, 1.54) is 84.3 Å². The van der Waals surface area contributed by atoms with Crippen LogP contribution in [0, 0.1) is 0 Å². The van der Waals surface area contributed by atoms with Gasteiger partial charge in [-0.2, -0.15) is 0 Å². The lowest BCUT2D eigenvalue weighted by Crippen LogP contribution is -2.27. The Bertz CT molecular complexity index is 966. The molecule has 4 aromatic rings. The Morgan fingerprint density at radius 2 is 1.07 bits per heavy atom. The number of para-hydroxylation sites is 2. The van der Waals surface area contributed by atoms with E-state index in [4.69, 9.17) is 0 Å². The van der Waals surface area contributed by atoms with E-state index in [1.54, 1.807) is 0 Å². The lowest BCUT2D eigenvalue weighted by molar-refractivity contribution is 0.402. The molecule has 152 valence electrons. The monoisotopic (exact) mass is 386 g/mol. The Hall–Kier alpha value is -2.48. The number of aromatic amines is 2. The van der Waals surface area contributed by atoms with E-state index in [2.05, 4.69) is 84.7 Å². The Morgan fingerprint density at radius 3 is 1.52 bits per heavy atom. The summed E-state index contributed by atoms with van der Waals surface area (Å²) in [6.07, 6.45) is 14.6. The van der Waals surface area contributed by atoms with Gasteiger partial charge in [-0.15, -0.1) is 0 Å². The molecule has 2 heteroatoms. The van der Waals surface area contributed by atoms with Crippen LogP contribution >= 0.6 is 0 Å². The molecule has 2 aromatic carbocycles. The number of hydrogen-bond donors (Lipinski definition) is 2. The van der Waals surface area contributed by atoms with Crippen molar-refractivity contribution < 1.29 is 0 Å². The van der Waals surface area contributed by atoms with Gasteiger partial charge in [0, 0.05) is 39.6 Å². The van der Waals surface area contributed by atoms with Crippen molar-refractivity contribution >= 4 is 21.8 Å². The fourth-order valence-electron chi connectivity index (χ4n) is 5.10. The number of aromatic nitrogens is 2. The van der Waals surface area contributed by atoms with Crippen molar-refractivity contribution in [2.24, 2.45) is 0 Å². The lowest BCUT2D eigenvalue weighted by Gasteiger charge is -2.35. The van der Waals surface area contributed by atoms with Crippen LogP contribution in [0.1, 0.15) is 76.3 Å². The summed E-state index contributed by atoms with van der Waals surface area (Å²) < 4.78 is 0. The van der Waals surface area contributed by atoms with Crippen molar-refractivity contribution in [2.75, 3.05) is 0 Å². The number of fused-ring (bicyclic) bond motifs is 2. The largest absolute Gasteiger partial charge is 0.361 e. The van der Waals surface area contributed by atoms with E-state index in [0.717, 1.165) is 0 Å². The van der Waals surface area contributed by atoms with E-state index in [-0.39, 0.29) is 5.41 Å². The molecular weight excluding hydrogens is 352 g/mol. The summed E-state index contributed by atoms with van der Waals surface area (Å²) in [6, 6.07) is 17.6. The molecule has 2 nitrogen and oxygen atoms in total. The van der Waals surface area contributed by atoms with Crippen LogP contribution in [0.5, 0.6) is 0 Å². The molecule has 0 unspecified atom stereocenters. The summed E-state index contributed by atoms with van der Waals surface area (Å²) in [6.45, 7) is 4.60. The second kappa shape index (κ2) is 8.90. The number of hydrogen-bond acceptors (Lipinski definition) is 0. The molecule has 0 spiro atoms. The first-order chi connectivity index (χ1) is 14.3. The standard InChI is InChI=1S/C27H34N2/c1-3-5-11-17-27(18-12-6-4-2,23-19-28-25-15-9-7-13-21(23)25)24-20-29-26-16-10-8-14-22(24)26/h7-10,13-16,19-20,28-29H,3-6,11-12,17-18H2,1-2H3. The van der Waals surface area contributed by atoms with Gasteiger partial charge in [-0.25, -0.2) is 0 Å². The fraction of sp³-hybridized carbons (Fsp3) is 0.407. The molecule has 0 aliphatic rings. The van der Waals surface area contributed by atoms with Gasteiger partial charge >= 0.3 is 0 Å². The van der Waals surface area contributed by atoms with Gasteiger partial charge in [-0.3, -0.25) is 0 Å². The van der Waals surface area contributed by atoms with Gasteiger partial charge in [-0.1, -0.05) is 88.8 Å². The maximum absolute atomic E-state index is 3.57. The second-order valence-corrected chi connectivity index (χ2v) is 8.49. The van der Waals surface area contributed by atoms with Crippen molar-refractivity contribution in [1.29, 1.82) is 0 Å². The Labute approximate surface area is 174 Å². The highest BCUT2D eigenvalue weighted by atomic mass is 14.7. The molecule has 0 aliphatic carbocycles. The Kier molecular flexibility index (Phi) is 6.08. The van der Waals surface area contributed by atoms with E-state index >= 15 is 0 Å². The van der Waals surface area contributed by atoms with Crippen LogP contribution in [0.4, 0.5) is 0 Å². The summed E-state index contributed by atoms with van der Waals surface area (Å²) in [4.78, 5) is 7.15. The molecule has 29 heavy (non-hydrogen) atoms. The predicted molar refractivity (Wildman–Crippen MR) is 126 cm³/mol. The zero-order valence-electron chi connectivity index (χ0n) is 17.9. The molecule has 0 fully saturated rings. The SMILES string of the molecule is CCCCCC(CCCCC)(c1c[nH]c2ccccc12)c1c[nH]c2ccccc12. The molecule has 0 aliphatic heterocycles. The minimum absolute atomic E-state index is 0.0452. The van der Waals surface area contributed by atoms with Crippen molar-refractivity contribution in [3.63, 3.8) is 0 Å². The van der Waals surface area contributed by atoms with Gasteiger partial charge in [0.25, 0.3) is 0 Å². The minimum atomic E-state index is 0.0452. The highest BCUT2D eigenvalue weighted by molar-refractivity contribution is 5.89. The van der Waals surface area contributed by atoms with Crippen LogP contribution in [0.15, 0.2) is 60.9 Å². The first-order valence-electron chi connectivity index (χ1n) is 11.4. The van der Waals surface area contributed by atoms with Crippen molar-refractivity contribution in [3.05, 3.63) is 72.1 Å². The molecular formula is C27H34N2. The first kappa shape index (κ1) is 19.8. The van der Waals surface area contributed by atoms with Crippen LogP contribution in [0.3, 0.4) is 0 Å². The molecule has 0 amide bonds. The maximum atomic E-state index is 3.57. The third-order valence-corrected chi connectivity index (χ3v) is 6.62. The second-order valence-electron chi connectivity index (χ2n) is 8.49. The highest BCUT2D eigenvalue weighted by Gasteiger charge is 2.37. The zero-order valence-corrected chi connectivity index (χ0v) is 17.9. The van der Waals surface area contributed by atoms with Gasteiger partial charge in [0.05, 0.1) is 0 Å². The quantitative estimate of drug-likeness (QED) is 0.258. The maximum Gasteiger partial charge on any atom is 0.0457 e. The smallest absolute Gasteiger partial charge is 0.0457 e. The molecule has 0 saturated carbocycles. The number of benzene rings is 2. The van der Waals surface area contributed by atoms with E-state index in [9.17, 15) is 0 Å². The number of rotatable bonds is 10. The molecule has 2 N–H and O–H groups in total. The molecule has 2 aromatic heterocycles. The topological polar surface area (TPSA) is 31.6 Å². The summed E-state index contributed by atoms with van der Waals surface area (Å²) in [5.41, 5.74) is 5.49. The van der Waals surface area contributed by atoms with E-state index < -0.39 is 0 Å². The first-order valence-corrected chi connectivity index (χ1v) is 11.4. The van der Waals surface area contributed by atoms with Crippen molar-refractivity contribution in [1.82, 2.24) is 9.97 Å². The van der Waals surface area contributed by atoms with Crippen LogP contribution in [0.25, 0.3) is 21.8 Å². The predicted octanol–water partition coefficient (Wildman–Crippen LogP) is 8.10. The van der Waals surface area contributed by atoms with Crippen LogP contribution < -0.4 is 0 Å². The van der Waals surface area contributed by atoms with Crippen LogP contribution in [-0.2, 0) is 5.41 Å². The van der Waals surface area contributed by atoms with Gasteiger partial charge in [0.1, 0.15) is 0 Å². The molecule has 0 radical (unpaired) electrons. The van der Waals surface area contributed by atoms with Gasteiger partial charge in [-0.05, 0) is 36.1 Å². The molecule has 2 heterocycles. The highest BCUT2D eigenvalue weighted by Crippen LogP contribution is 2.47. The number of nitrogens with one attached hydrogen (secondary N) is 2. The number of unbranched alkanes of at least 4 members (excludes halogenated alkanes) is 4. The lowest BCUT2D eigenvalue weighted by atomic mass is 9.67. The Morgan fingerprint density at radius 1 is 0.621 bits per heavy atom. The fourth-order valence-corrected chi connectivity index (χ4v) is 5.10. The van der Waals surface area contributed by atoms with Crippen LogP contribution in [-0.4, -0.2) is 9.97 Å². The summed E-state index contributed by atoms with van der Waals surface area (Å²) >= 11 is 0. The Balaban J connectivity index is 1.92. The minimum Gasteiger partial charge on any atom is -0.361 e. The summed E-state index contributed by atoms with van der Waals surface area (Å²) in [7, 11) is 0. The van der Waals surface area contributed by atoms with Crippen molar-refractivity contribution in [3.8, 4) is 0 Å². The third kappa shape index (κ3) is 3.73. The summed E-state index contributed by atoms with van der Waals surface area (Å²) in [5, 5.41) is 2.76. The van der Waals surface area contributed by atoms with Gasteiger partial charge in [0.15, 0.2) is 0 Å². The average molecular weight is 387 g/mol.